The topological polar surface area (TPSA) is 69.0 Å². The Labute approximate surface area is 164 Å². The molecule has 0 radical (unpaired) electrons. The van der Waals surface area contributed by atoms with E-state index >= 15 is 0 Å². The lowest BCUT2D eigenvalue weighted by molar-refractivity contribution is 0.0512. The lowest BCUT2D eigenvalue weighted by Gasteiger charge is -2.31. The van der Waals surface area contributed by atoms with Gasteiger partial charge in [-0.15, -0.1) is 0 Å². The van der Waals surface area contributed by atoms with E-state index in [1.165, 1.54) is 0 Å². The quantitative estimate of drug-likeness (QED) is 0.741. The van der Waals surface area contributed by atoms with E-state index in [9.17, 15) is 4.79 Å². The average Bonchev–Trinajstić information content (AvgIpc) is 3.15. The monoisotopic (exact) mass is 376 g/mol. The van der Waals surface area contributed by atoms with Crippen molar-refractivity contribution in [3.63, 3.8) is 0 Å². The number of amides is 1. The van der Waals surface area contributed by atoms with E-state index in [4.69, 9.17) is 4.74 Å². The van der Waals surface area contributed by atoms with Crippen LogP contribution in [-0.2, 0) is 11.8 Å². The number of benzene rings is 1. The zero-order chi connectivity index (χ0) is 19.3. The first kappa shape index (κ1) is 18.4. The Balaban J connectivity index is 1.58. The maximum absolute atomic E-state index is 13.1. The molecule has 2 aromatic heterocycles. The van der Waals surface area contributed by atoms with Gasteiger partial charge in [-0.3, -0.25) is 14.5 Å². The van der Waals surface area contributed by atoms with Gasteiger partial charge in [-0.1, -0.05) is 36.4 Å². The first-order chi connectivity index (χ1) is 13.7. The second-order valence-electron chi connectivity index (χ2n) is 7.09. The number of rotatable bonds is 5. The summed E-state index contributed by atoms with van der Waals surface area (Å²) in [4.78, 5) is 17.4. The highest BCUT2D eigenvalue weighted by Crippen LogP contribution is 2.30. The summed E-state index contributed by atoms with van der Waals surface area (Å²) in [6, 6.07) is 15.6. The van der Waals surface area contributed by atoms with Crippen LogP contribution >= 0.6 is 0 Å². The molecule has 1 aliphatic heterocycles. The molecule has 1 N–H and O–H groups in total. The molecular weight excluding hydrogens is 352 g/mol. The van der Waals surface area contributed by atoms with Gasteiger partial charge in [-0.05, 0) is 36.5 Å². The predicted octanol–water partition coefficient (Wildman–Crippen LogP) is 3.38. The number of carbonyl (C=O) groups is 1. The summed E-state index contributed by atoms with van der Waals surface area (Å²) in [5.41, 5.74) is 3.34. The van der Waals surface area contributed by atoms with Gasteiger partial charge >= 0.3 is 0 Å². The van der Waals surface area contributed by atoms with Crippen LogP contribution in [0.15, 0.2) is 60.9 Å². The molecule has 1 atom stereocenters. The third kappa shape index (κ3) is 3.97. The Morgan fingerprint density at radius 1 is 1.18 bits per heavy atom. The summed E-state index contributed by atoms with van der Waals surface area (Å²) in [6.45, 7) is 1.45. The molecule has 3 aromatic rings. The van der Waals surface area contributed by atoms with Gasteiger partial charge < -0.3 is 10.1 Å². The van der Waals surface area contributed by atoms with Crippen LogP contribution in [0.2, 0.25) is 0 Å². The number of hydrogen-bond donors (Lipinski definition) is 1. The molecule has 144 valence electrons. The van der Waals surface area contributed by atoms with Crippen LogP contribution in [0.4, 0.5) is 0 Å². The lowest BCUT2D eigenvalue weighted by atomic mass is 9.87. The maximum atomic E-state index is 13.1. The number of nitrogens with zero attached hydrogens (tertiary/aromatic N) is 3. The van der Waals surface area contributed by atoms with E-state index < -0.39 is 0 Å². The van der Waals surface area contributed by atoms with E-state index in [-0.39, 0.29) is 11.9 Å². The van der Waals surface area contributed by atoms with Crippen molar-refractivity contribution in [3.05, 3.63) is 72.2 Å². The van der Waals surface area contributed by atoms with Crippen LogP contribution in [0.1, 0.15) is 34.9 Å². The minimum Gasteiger partial charge on any atom is -0.381 e. The van der Waals surface area contributed by atoms with Gasteiger partial charge in [0, 0.05) is 38.2 Å². The highest BCUT2D eigenvalue weighted by atomic mass is 16.5. The Kier molecular flexibility index (Phi) is 5.48. The molecule has 1 saturated heterocycles. The first-order valence-electron chi connectivity index (χ1n) is 9.60. The van der Waals surface area contributed by atoms with E-state index in [0.29, 0.717) is 11.6 Å². The minimum absolute atomic E-state index is 0.0971. The Hall–Kier alpha value is -2.99. The third-order valence-corrected chi connectivity index (χ3v) is 5.25. The minimum atomic E-state index is -0.127. The Bertz CT molecular complexity index is 918. The maximum Gasteiger partial charge on any atom is 0.270 e. The van der Waals surface area contributed by atoms with Gasteiger partial charge in [-0.25, -0.2) is 0 Å². The molecule has 0 bridgehead atoms. The Morgan fingerprint density at radius 3 is 2.68 bits per heavy atom. The molecule has 28 heavy (non-hydrogen) atoms. The van der Waals surface area contributed by atoms with Gasteiger partial charge in [0.15, 0.2) is 0 Å². The number of nitrogens with one attached hydrogen (secondary N) is 1. The smallest absolute Gasteiger partial charge is 0.270 e. The summed E-state index contributed by atoms with van der Waals surface area (Å²) in [5, 5.41) is 7.75. The summed E-state index contributed by atoms with van der Waals surface area (Å²) in [6.07, 6.45) is 5.42. The fraction of sp³-hybridized carbons (Fsp3) is 0.318. The third-order valence-electron chi connectivity index (χ3n) is 5.25. The fourth-order valence-corrected chi connectivity index (χ4v) is 3.73. The molecule has 0 saturated carbocycles. The molecule has 3 heterocycles. The highest BCUT2D eigenvalue weighted by Gasteiger charge is 2.28. The van der Waals surface area contributed by atoms with Crippen LogP contribution in [-0.4, -0.2) is 33.9 Å². The van der Waals surface area contributed by atoms with Crippen LogP contribution < -0.4 is 5.32 Å². The van der Waals surface area contributed by atoms with Crippen molar-refractivity contribution in [2.75, 3.05) is 13.2 Å². The number of hydrogen-bond acceptors (Lipinski definition) is 4. The molecule has 0 spiro atoms. The molecule has 1 amide bonds. The normalized spacial score (nSPS) is 15.9. The number of aryl methyl sites for hydroxylation is 1. The summed E-state index contributed by atoms with van der Waals surface area (Å²) in [5.74, 6) is 0.196. The molecule has 1 aliphatic rings. The van der Waals surface area contributed by atoms with Crippen molar-refractivity contribution in [1.82, 2.24) is 20.1 Å². The van der Waals surface area contributed by atoms with E-state index in [1.807, 2.05) is 54.7 Å². The SMILES string of the molecule is Cn1nc(-c2ccccc2)cc1C(=O)NC(c1cccnc1)C1CCOCC1. The van der Waals surface area contributed by atoms with Crippen LogP contribution in [0, 0.1) is 5.92 Å². The summed E-state index contributed by atoms with van der Waals surface area (Å²) >= 11 is 0. The molecule has 0 aliphatic carbocycles. The predicted molar refractivity (Wildman–Crippen MR) is 107 cm³/mol. The van der Waals surface area contributed by atoms with Crippen LogP contribution in [0.25, 0.3) is 11.3 Å². The second kappa shape index (κ2) is 8.35. The van der Waals surface area contributed by atoms with Crippen molar-refractivity contribution in [2.24, 2.45) is 13.0 Å². The van der Waals surface area contributed by atoms with Crippen LogP contribution in [0.5, 0.6) is 0 Å². The molecule has 1 aromatic carbocycles. The van der Waals surface area contributed by atoms with Crippen molar-refractivity contribution < 1.29 is 9.53 Å². The van der Waals surface area contributed by atoms with E-state index in [0.717, 1.165) is 42.9 Å². The second-order valence-corrected chi connectivity index (χ2v) is 7.09. The molecule has 6 heteroatoms. The number of ether oxygens (including phenoxy) is 1. The molecule has 1 unspecified atom stereocenters. The van der Waals surface area contributed by atoms with Gasteiger partial charge in [0.1, 0.15) is 5.69 Å². The number of aromatic nitrogens is 3. The van der Waals surface area contributed by atoms with Crippen molar-refractivity contribution >= 4 is 5.91 Å². The zero-order valence-electron chi connectivity index (χ0n) is 15.9. The van der Waals surface area contributed by atoms with Gasteiger partial charge in [0.25, 0.3) is 5.91 Å². The number of pyridine rings is 1. The van der Waals surface area contributed by atoms with Crippen molar-refractivity contribution in [2.45, 2.75) is 18.9 Å². The summed E-state index contributed by atoms with van der Waals surface area (Å²) in [7, 11) is 1.80. The van der Waals surface area contributed by atoms with E-state index in [2.05, 4.69) is 15.4 Å². The van der Waals surface area contributed by atoms with Crippen molar-refractivity contribution in [3.8, 4) is 11.3 Å². The largest absolute Gasteiger partial charge is 0.381 e. The molecule has 4 rings (SSSR count). The van der Waals surface area contributed by atoms with Crippen LogP contribution in [0.3, 0.4) is 0 Å². The zero-order valence-corrected chi connectivity index (χ0v) is 15.9. The Morgan fingerprint density at radius 2 is 1.96 bits per heavy atom. The average molecular weight is 376 g/mol. The highest BCUT2D eigenvalue weighted by molar-refractivity contribution is 5.94. The van der Waals surface area contributed by atoms with Crippen molar-refractivity contribution in [1.29, 1.82) is 0 Å². The number of carbonyl (C=O) groups excluding carboxylic acids is 1. The fourth-order valence-electron chi connectivity index (χ4n) is 3.73. The van der Waals surface area contributed by atoms with Gasteiger partial charge in [-0.2, -0.15) is 5.10 Å². The van der Waals surface area contributed by atoms with Gasteiger partial charge in [0.05, 0.1) is 11.7 Å². The molecule has 6 nitrogen and oxygen atoms in total. The summed E-state index contributed by atoms with van der Waals surface area (Å²) < 4.78 is 7.15. The lowest BCUT2D eigenvalue weighted by Crippen LogP contribution is -2.36. The first-order valence-corrected chi connectivity index (χ1v) is 9.60. The molecule has 1 fully saturated rings. The standard InChI is InChI=1S/C22H24N4O2/c1-26-20(14-19(25-26)16-6-3-2-4-7-16)22(27)24-21(17-9-12-28-13-10-17)18-8-5-11-23-15-18/h2-8,11,14-15,17,21H,9-10,12-13H2,1H3,(H,24,27). The van der Waals surface area contributed by atoms with Gasteiger partial charge in [0.2, 0.25) is 0 Å². The van der Waals surface area contributed by atoms with E-state index in [1.54, 1.807) is 17.9 Å². The molecular formula is C22H24N4O2.